The van der Waals surface area contributed by atoms with Crippen LogP contribution < -0.4 is 15.4 Å². The number of phenols is 1. The third kappa shape index (κ3) is 4.99. The van der Waals surface area contributed by atoms with Gasteiger partial charge in [-0.3, -0.25) is 9.59 Å². The van der Waals surface area contributed by atoms with Crippen LogP contribution in [0.5, 0.6) is 11.5 Å². The number of ether oxygens (including phenoxy) is 1. The molecule has 0 spiro atoms. The Bertz CT molecular complexity index is 1170. The minimum absolute atomic E-state index is 0.0272. The molecule has 1 aliphatic rings. The molecule has 156 valence electrons. The van der Waals surface area contributed by atoms with E-state index < -0.39 is 15.9 Å². The number of carbonyl (C=O) groups excluding carboxylic acids is 2. The van der Waals surface area contributed by atoms with Crippen molar-refractivity contribution in [1.82, 2.24) is 5.32 Å². The molecule has 0 aliphatic carbocycles. The Morgan fingerprint density at radius 1 is 1.23 bits per heavy atom. The maximum absolute atomic E-state index is 12.5. The molecular weight excluding hydrogens is 430 g/mol. The van der Waals surface area contributed by atoms with Crippen LogP contribution in [-0.2, 0) is 19.6 Å². The molecule has 0 bridgehead atoms. The summed E-state index contributed by atoms with van der Waals surface area (Å²) in [5.41, 5.74) is 1.07. The van der Waals surface area contributed by atoms with Gasteiger partial charge in [-0.2, -0.15) is 8.42 Å². The number of anilines is 1. The van der Waals surface area contributed by atoms with E-state index >= 15 is 0 Å². The van der Waals surface area contributed by atoms with Crippen molar-refractivity contribution < 1.29 is 27.9 Å². The maximum atomic E-state index is 12.5. The van der Waals surface area contributed by atoms with Crippen LogP contribution in [0.1, 0.15) is 12.5 Å². The monoisotopic (exact) mass is 447 g/mol. The summed E-state index contributed by atoms with van der Waals surface area (Å²) < 4.78 is 33.7. The summed E-state index contributed by atoms with van der Waals surface area (Å²) in [6.45, 7) is 1.34. The summed E-state index contributed by atoms with van der Waals surface area (Å²) in [4.78, 5) is 23.1. The number of methoxy groups -OCH3 is 1. The van der Waals surface area contributed by atoms with Gasteiger partial charge in [0.25, 0.3) is 15.9 Å². The standard InChI is InChI=1S/C19H17N3O6S2/c1-11(23)20-13-4-6-14(7-5-13)30(26,27)22-19-18(25)21-17(29-19)10-12-3-8-15(24)16(9-12)28-2/h3-10,24H,1-2H3,(H,20,23)(H,21,25)/b17-10+,22-19?. The molecule has 0 radical (unpaired) electrons. The molecule has 0 unspecified atom stereocenters. The Morgan fingerprint density at radius 2 is 1.93 bits per heavy atom. The van der Waals surface area contributed by atoms with E-state index in [4.69, 9.17) is 4.74 Å². The predicted molar refractivity (Wildman–Crippen MR) is 114 cm³/mol. The second kappa shape index (κ2) is 8.59. The van der Waals surface area contributed by atoms with Gasteiger partial charge in [-0.1, -0.05) is 6.07 Å². The van der Waals surface area contributed by atoms with Gasteiger partial charge in [0.2, 0.25) is 5.91 Å². The van der Waals surface area contributed by atoms with Crippen molar-refractivity contribution in [3.05, 3.63) is 53.1 Å². The lowest BCUT2D eigenvalue weighted by Crippen LogP contribution is -2.19. The van der Waals surface area contributed by atoms with Crippen LogP contribution in [0, 0.1) is 0 Å². The normalized spacial score (nSPS) is 16.5. The molecule has 9 nitrogen and oxygen atoms in total. The number of nitrogens with zero attached hydrogens (tertiary/aromatic N) is 1. The smallest absolute Gasteiger partial charge is 0.283 e. The van der Waals surface area contributed by atoms with Crippen molar-refractivity contribution in [3.63, 3.8) is 0 Å². The van der Waals surface area contributed by atoms with Crippen LogP contribution in [0.3, 0.4) is 0 Å². The third-order valence-corrected chi connectivity index (χ3v) is 6.13. The van der Waals surface area contributed by atoms with Gasteiger partial charge in [0.15, 0.2) is 16.5 Å². The fourth-order valence-corrected chi connectivity index (χ4v) is 4.50. The van der Waals surface area contributed by atoms with Crippen molar-refractivity contribution in [2.45, 2.75) is 11.8 Å². The molecule has 0 aromatic heterocycles. The molecule has 30 heavy (non-hydrogen) atoms. The van der Waals surface area contributed by atoms with Gasteiger partial charge in [-0.15, -0.1) is 4.40 Å². The van der Waals surface area contributed by atoms with Gasteiger partial charge < -0.3 is 20.5 Å². The van der Waals surface area contributed by atoms with Crippen LogP contribution >= 0.6 is 11.8 Å². The summed E-state index contributed by atoms with van der Waals surface area (Å²) in [6.07, 6.45) is 1.60. The van der Waals surface area contributed by atoms with Gasteiger partial charge in [0.05, 0.1) is 17.0 Å². The lowest BCUT2D eigenvalue weighted by atomic mass is 10.2. The highest BCUT2D eigenvalue weighted by Crippen LogP contribution is 2.30. The van der Waals surface area contributed by atoms with Crippen LogP contribution in [-0.4, -0.2) is 37.5 Å². The number of hydrogen-bond acceptors (Lipinski definition) is 7. The van der Waals surface area contributed by atoms with Crippen molar-refractivity contribution in [2.75, 3.05) is 12.4 Å². The van der Waals surface area contributed by atoms with Crippen LogP contribution in [0.25, 0.3) is 6.08 Å². The average molecular weight is 447 g/mol. The molecule has 3 N–H and O–H groups in total. The number of carbonyl (C=O) groups is 2. The highest BCUT2D eigenvalue weighted by molar-refractivity contribution is 8.20. The molecule has 2 aromatic carbocycles. The number of hydrogen-bond donors (Lipinski definition) is 3. The minimum atomic E-state index is -4.12. The summed E-state index contributed by atoms with van der Waals surface area (Å²) in [5.74, 6) is -0.690. The topological polar surface area (TPSA) is 134 Å². The first-order valence-corrected chi connectivity index (χ1v) is 10.7. The Labute approximate surface area is 176 Å². The molecule has 1 heterocycles. The Balaban J connectivity index is 1.82. The minimum Gasteiger partial charge on any atom is -0.504 e. The molecule has 0 atom stereocenters. The Morgan fingerprint density at radius 3 is 2.57 bits per heavy atom. The number of aromatic hydroxyl groups is 1. The molecule has 2 aromatic rings. The molecule has 3 rings (SSSR count). The molecular formula is C19H17N3O6S2. The van der Waals surface area contributed by atoms with E-state index in [9.17, 15) is 23.1 Å². The molecule has 2 amide bonds. The first-order chi connectivity index (χ1) is 14.2. The number of rotatable bonds is 5. The number of nitrogens with one attached hydrogen (secondary N) is 2. The fourth-order valence-electron chi connectivity index (χ4n) is 2.48. The van der Waals surface area contributed by atoms with E-state index in [0.717, 1.165) is 11.8 Å². The van der Waals surface area contributed by atoms with Crippen molar-refractivity contribution in [1.29, 1.82) is 0 Å². The Kier molecular flexibility index (Phi) is 6.13. The lowest BCUT2D eigenvalue weighted by Gasteiger charge is -2.04. The van der Waals surface area contributed by atoms with Crippen LogP contribution in [0.2, 0.25) is 0 Å². The van der Waals surface area contributed by atoms with Crippen molar-refractivity contribution in [2.24, 2.45) is 4.40 Å². The number of thioether (sulfide) groups is 1. The van der Waals surface area contributed by atoms with E-state index in [1.807, 2.05) is 0 Å². The first-order valence-electron chi connectivity index (χ1n) is 8.48. The second-order valence-electron chi connectivity index (χ2n) is 6.07. The van der Waals surface area contributed by atoms with Gasteiger partial charge in [0, 0.05) is 12.6 Å². The van der Waals surface area contributed by atoms with Crippen molar-refractivity contribution in [3.8, 4) is 11.5 Å². The average Bonchev–Trinajstić information content (AvgIpc) is 3.01. The fraction of sp³-hybridized carbons (Fsp3) is 0.105. The summed E-state index contributed by atoms with van der Waals surface area (Å²) in [5, 5.41) is 14.9. The van der Waals surface area contributed by atoms with E-state index in [2.05, 4.69) is 15.0 Å². The quantitative estimate of drug-likeness (QED) is 0.640. The number of amides is 2. The molecule has 1 aliphatic heterocycles. The molecule has 1 fully saturated rings. The lowest BCUT2D eigenvalue weighted by molar-refractivity contribution is -0.114. The summed E-state index contributed by atoms with van der Waals surface area (Å²) in [7, 11) is -2.71. The van der Waals surface area contributed by atoms with E-state index in [0.29, 0.717) is 16.3 Å². The number of phenolic OH excluding ortho intramolecular Hbond substituents is 1. The van der Waals surface area contributed by atoms with E-state index in [1.54, 1.807) is 18.2 Å². The largest absolute Gasteiger partial charge is 0.504 e. The highest BCUT2D eigenvalue weighted by Gasteiger charge is 2.27. The predicted octanol–water partition coefficient (Wildman–Crippen LogP) is 2.31. The third-order valence-electron chi connectivity index (χ3n) is 3.81. The van der Waals surface area contributed by atoms with Crippen LogP contribution in [0.15, 0.2) is 56.8 Å². The molecule has 0 saturated carbocycles. The van der Waals surface area contributed by atoms with E-state index in [1.165, 1.54) is 44.4 Å². The van der Waals surface area contributed by atoms with E-state index in [-0.39, 0.29) is 27.3 Å². The van der Waals surface area contributed by atoms with Crippen molar-refractivity contribution >= 4 is 50.4 Å². The SMILES string of the molecule is COc1cc(/C=C2\NC(=O)C(=NS(=O)(=O)c3ccc(NC(C)=O)cc3)S2)ccc1O. The Hall–Kier alpha value is -3.31. The zero-order valence-corrected chi connectivity index (χ0v) is 17.5. The summed E-state index contributed by atoms with van der Waals surface area (Å²) in [6, 6.07) is 10.1. The van der Waals surface area contributed by atoms with Crippen LogP contribution in [0.4, 0.5) is 5.69 Å². The van der Waals surface area contributed by atoms with Gasteiger partial charge in [0.1, 0.15) is 0 Å². The second-order valence-corrected chi connectivity index (χ2v) is 8.71. The maximum Gasteiger partial charge on any atom is 0.283 e. The van der Waals surface area contributed by atoms with Gasteiger partial charge >= 0.3 is 0 Å². The molecule has 11 heteroatoms. The number of sulfonamides is 1. The summed E-state index contributed by atoms with van der Waals surface area (Å²) >= 11 is 0.875. The van der Waals surface area contributed by atoms with Gasteiger partial charge in [-0.05, 0) is 59.8 Å². The number of benzene rings is 2. The first kappa shape index (κ1) is 21.4. The highest BCUT2D eigenvalue weighted by atomic mass is 32.2. The van der Waals surface area contributed by atoms with Gasteiger partial charge in [-0.25, -0.2) is 0 Å². The molecule has 1 saturated heterocycles. The zero-order chi connectivity index (χ0) is 21.9. The zero-order valence-electron chi connectivity index (χ0n) is 15.9.